The minimum absolute atomic E-state index is 0.0596. The van der Waals surface area contributed by atoms with Gasteiger partial charge in [-0.15, -0.1) is 0 Å². The highest BCUT2D eigenvalue weighted by Crippen LogP contribution is 2.26. The second-order valence-electron chi connectivity index (χ2n) is 5.80. The van der Waals surface area contributed by atoms with Crippen molar-refractivity contribution in [3.05, 3.63) is 65.7 Å². The van der Waals surface area contributed by atoms with Crippen LogP contribution in [0.2, 0.25) is 0 Å². The van der Waals surface area contributed by atoms with Crippen LogP contribution in [0.15, 0.2) is 48.8 Å². The van der Waals surface area contributed by atoms with Crippen molar-refractivity contribution in [2.24, 2.45) is 0 Å². The monoisotopic (exact) mass is 327 g/mol. The Balaban J connectivity index is 1.51. The number of halogens is 1. The molecular weight excluding hydrogens is 309 g/mol. The van der Waals surface area contributed by atoms with Gasteiger partial charge in [0.2, 0.25) is 5.91 Å². The molecule has 1 saturated heterocycles. The predicted octanol–water partition coefficient (Wildman–Crippen LogP) is 1.97. The lowest BCUT2D eigenvalue weighted by molar-refractivity contribution is -0.129. The van der Waals surface area contributed by atoms with Crippen molar-refractivity contribution in [2.45, 2.75) is 12.3 Å². The number of pyridine rings is 1. The van der Waals surface area contributed by atoms with Gasteiger partial charge >= 0.3 is 0 Å². The lowest BCUT2D eigenvalue weighted by Crippen LogP contribution is -2.39. The van der Waals surface area contributed by atoms with Crippen LogP contribution in [0.5, 0.6) is 0 Å². The van der Waals surface area contributed by atoms with Gasteiger partial charge in [-0.25, -0.2) is 4.39 Å². The largest absolute Gasteiger partial charge is 0.343 e. The van der Waals surface area contributed by atoms with E-state index in [1.54, 1.807) is 11.1 Å². The minimum atomic E-state index is -0.402. The summed E-state index contributed by atoms with van der Waals surface area (Å²) in [5.74, 6) is -0.611. The van der Waals surface area contributed by atoms with Gasteiger partial charge in [-0.1, -0.05) is 6.07 Å². The molecule has 1 atom stereocenters. The highest BCUT2D eigenvalue weighted by atomic mass is 19.1. The average molecular weight is 327 g/mol. The number of hydrogen-bond acceptors (Lipinski definition) is 3. The van der Waals surface area contributed by atoms with E-state index in [0.29, 0.717) is 18.7 Å². The molecule has 1 unspecified atom stereocenters. The third-order valence-corrected chi connectivity index (χ3v) is 4.20. The normalized spacial score (nSPS) is 16.9. The van der Waals surface area contributed by atoms with Crippen molar-refractivity contribution in [3.63, 3.8) is 0 Å². The van der Waals surface area contributed by atoms with Gasteiger partial charge < -0.3 is 10.2 Å². The molecule has 1 N–H and O–H groups in total. The van der Waals surface area contributed by atoms with Gasteiger partial charge in [0.05, 0.1) is 6.54 Å². The first-order valence-corrected chi connectivity index (χ1v) is 7.85. The molecule has 6 heteroatoms. The second-order valence-corrected chi connectivity index (χ2v) is 5.80. The molecule has 3 rings (SSSR count). The third kappa shape index (κ3) is 3.76. The molecule has 1 aromatic carbocycles. The molecule has 1 aliphatic rings. The molecule has 0 saturated carbocycles. The Bertz CT molecular complexity index is 719. The quantitative estimate of drug-likeness (QED) is 0.934. The number of likely N-dealkylation sites (tertiary alicyclic amines) is 1. The average Bonchev–Trinajstić information content (AvgIpc) is 3.11. The van der Waals surface area contributed by atoms with Crippen molar-refractivity contribution in [3.8, 4) is 0 Å². The van der Waals surface area contributed by atoms with Crippen LogP contribution in [-0.4, -0.2) is 41.3 Å². The summed E-state index contributed by atoms with van der Waals surface area (Å²) in [4.78, 5) is 30.1. The van der Waals surface area contributed by atoms with Crippen molar-refractivity contribution in [1.82, 2.24) is 15.2 Å². The molecule has 5 nitrogen and oxygen atoms in total. The van der Waals surface area contributed by atoms with E-state index in [0.717, 1.165) is 12.0 Å². The first-order valence-electron chi connectivity index (χ1n) is 7.85. The highest BCUT2D eigenvalue weighted by molar-refractivity contribution is 5.96. The topological polar surface area (TPSA) is 62.3 Å². The summed E-state index contributed by atoms with van der Waals surface area (Å²) in [6.07, 6.45) is 4.45. The first kappa shape index (κ1) is 16.1. The van der Waals surface area contributed by atoms with E-state index < -0.39 is 5.82 Å². The van der Waals surface area contributed by atoms with Crippen molar-refractivity contribution in [2.75, 3.05) is 19.6 Å². The Morgan fingerprint density at radius 1 is 1.25 bits per heavy atom. The van der Waals surface area contributed by atoms with E-state index in [1.807, 2.05) is 18.3 Å². The standard InChI is InChI=1S/C18H18FN3O2/c19-16-5-3-13(4-6-16)18(24)21-11-17(23)22-9-7-15(12-22)14-2-1-8-20-10-14/h1-6,8,10,15H,7,9,11-12H2,(H,21,24). The number of carbonyl (C=O) groups is 2. The molecular formula is C18H18FN3O2. The number of hydrogen-bond donors (Lipinski definition) is 1. The van der Waals surface area contributed by atoms with Gasteiger partial charge in [0.1, 0.15) is 5.82 Å². The highest BCUT2D eigenvalue weighted by Gasteiger charge is 2.27. The van der Waals surface area contributed by atoms with Gasteiger partial charge in [0, 0.05) is 37.0 Å². The van der Waals surface area contributed by atoms with E-state index >= 15 is 0 Å². The minimum Gasteiger partial charge on any atom is -0.343 e. The van der Waals surface area contributed by atoms with Crippen LogP contribution >= 0.6 is 0 Å². The number of amides is 2. The maximum Gasteiger partial charge on any atom is 0.251 e. The molecule has 1 aromatic heterocycles. The maximum atomic E-state index is 12.8. The maximum absolute atomic E-state index is 12.8. The van der Waals surface area contributed by atoms with Gasteiger partial charge in [-0.3, -0.25) is 14.6 Å². The Morgan fingerprint density at radius 2 is 2.04 bits per heavy atom. The van der Waals surface area contributed by atoms with Crippen LogP contribution in [-0.2, 0) is 4.79 Å². The molecule has 1 aliphatic heterocycles. The van der Waals surface area contributed by atoms with Gasteiger partial charge in [0.25, 0.3) is 5.91 Å². The third-order valence-electron chi connectivity index (χ3n) is 4.20. The zero-order chi connectivity index (χ0) is 16.9. The Labute approximate surface area is 139 Å². The van der Waals surface area contributed by atoms with Crippen molar-refractivity contribution < 1.29 is 14.0 Å². The molecule has 0 bridgehead atoms. The fraction of sp³-hybridized carbons (Fsp3) is 0.278. The molecule has 2 aromatic rings. The molecule has 124 valence electrons. The molecule has 2 amide bonds. The fourth-order valence-corrected chi connectivity index (χ4v) is 2.85. The van der Waals surface area contributed by atoms with E-state index in [2.05, 4.69) is 10.3 Å². The molecule has 24 heavy (non-hydrogen) atoms. The summed E-state index contributed by atoms with van der Waals surface area (Å²) in [5, 5.41) is 2.58. The Kier molecular flexibility index (Phi) is 4.84. The van der Waals surface area contributed by atoms with E-state index in [1.165, 1.54) is 24.3 Å². The number of nitrogens with one attached hydrogen (secondary N) is 1. The van der Waals surface area contributed by atoms with Gasteiger partial charge in [-0.05, 0) is 42.3 Å². The Hall–Kier alpha value is -2.76. The molecule has 1 fully saturated rings. The number of nitrogens with zero attached hydrogens (tertiary/aromatic N) is 2. The van der Waals surface area contributed by atoms with Crippen molar-refractivity contribution in [1.29, 1.82) is 0 Å². The zero-order valence-electron chi connectivity index (χ0n) is 13.1. The van der Waals surface area contributed by atoms with Gasteiger partial charge in [-0.2, -0.15) is 0 Å². The number of rotatable bonds is 4. The van der Waals surface area contributed by atoms with Crippen LogP contribution in [0, 0.1) is 5.82 Å². The fourth-order valence-electron chi connectivity index (χ4n) is 2.85. The number of benzene rings is 1. The summed E-state index contributed by atoms with van der Waals surface area (Å²) >= 11 is 0. The molecule has 0 radical (unpaired) electrons. The van der Waals surface area contributed by atoms with Crippen LogP contribution < -0.4 is 5.32 Å². The zero-order valence-corrected chi connectivity index (χ0v) is 13.1. The Morgan fingerprint density at radius 3 is 2.75 bits per heavy atom. The van der Waals surface area contributed by atoms with Crippen LogP contribution in [0.4, 0.5) is 4.39 Å². The summed E-state index contributed by atoms with van der Waals surface area (Å²) in [6, 6.07) is 9.13. The van der Waals surface area contributed by atoms with Crippen LogP contribution in [0.3, 0.4) is 0 Å². The summed E-state index contributed by atoms with van der Waals surface area (Å²) in [7, 11) is 0. The smallest absolute Gasteiger partial charge is 0.251 e. The van der Waals surface area contributed by atoms with E-state index in [4.69, 9.17) is 0 Å². The lowest BCUT2D eigenvalue weighted by Gasteiger charge is -2.17. The first-order chi connectivity index (χ1) is 11.6. The number of aromatic nitrogens is 1. The second kappa shape index (κ2) is 7.21. The lowest BCUT2D eigenvalue weighted by atomic mass is 10.0. The van der Waals surface area contributed by atoms with Crippen LogP contribution in [0.25, 0.3) is 0 Å². The predicted molar refractivity (Wildman–Crippen MR) is 86.9 cm³/mol. The molecule has 0 aliphatic carbocycles. The van der Waals surface area contributed by atoms with Gasteiger partial charge in [0.15, 0.2) is 0 Å². The SMILES string of the molecule is O=C(NCC(=O)N1CCC(c2cccnc2)C1)c1ccc(F)cc1. The van der Waals surface area contributed by atoms with E-state index in [-0.39, 0.29) is 24.3 Å². The summed E-state index contributed by atoms with van der Waals surface area (Å²) < 4.78 is 12.8. The van der Waals surface area contributed by atoms with Crippen molar-refractivity contribution >= 4 is 11.8 Å². The molecule has 2 heterocycles. The summed E-state index contributed by atoms with van der Waals surface area (Å²) in [5.41, 5.74) is 1.46. The van der Waals surface area contributed by atoms with Crippen LogP contribution in [0.1, 0.15) is 28.3 Å². The van der Waals surface area contributed by atoms with E-state index in [9.17, 15) is 14.0 Å². The number of carbonyl (C=O) groups excluding carboxylic acids is 2. The summed E-state index contributed by atoms with van der Waals surface area (Å²) in [6.45, 7) is 1.25. The molecule has 0 spiro atoms.